The van der Waals surface area contributed by atoms with Gasteiger partial charge in [-0.05, 0) is 55.7 Å². The molecule has 0 saturated carbocycles. The SMILES string of the molecule is CCCCOc1ccc(/C=C/C(=O)Nc2cc(C)c(Cl)cc2OC)cc1OCC. The number of aryl methyl sites for hydroxylation is 1. The van der Waals surface area contributed by atoms with Gasteiger partial charge in [0, 0.05) is 17.2 Å². The summed E-state index contributed by atoms with van der Waals surface area (Å²) in [7, 11) is 1.53. The van der Waals surface area contributed by atoms with E-state index in [0.29, 0.717) is 41.2 Å². The molecule has 29 heavy (non-hydrogen) atoms. The van der Waals surface area contributed by atoms with Crippen LogP contribution in [0.5, 0.6) is 17.2 Å². The third kappa shape index (κ3) is 6.71. The van der Waals surface area contributed by atoms with Crippen molar-refractivity contribution < 1.29 is 19.0 Å². The standard InChI is InChI=1S/C23H28ClNO4/c1-5-7-12-29-20-10-8-17(14-22(20)28-6-2)9-11-23(26)25-19-13-16(3)18(24)15-21(19)27-4/h8-11,13-15H,5-7,12H2,1-4H3,(H,25,26)/b11-9+. The predicted octanol–water partition coefficient (Wildman–Crippen LogP) is 5.89. The van der Waals surface area contributed by atoms with Crippen molar-refractivity contribution in [1.29, 1.82) is 0 Å². The number of carbonyl (C=O) groups excluding carboxylic acids is 1. The van der Waals surface area contributed by atoms with Crippen molar-refractivity contribution in [3.05, 3.63) is 52.6 Å². The lowest BCUT2D eigenvalue weighted by Gasteiger charge is -2.12. The van der Waals surface area contributed by atoms with E-state index in [9.17, 15) is 4.79 Å². The maximum Gasteiger partial charge on any atom is 0.248 e. The van der Waals surface area contributed by atoms with Crippen molar-refractivity contribution in [1.82, 2.24) is 0 Å². The lowest BCUT2D eigenvalue weighted by molar-refractivity contribution is -0.111. The fraction of sp³-hybridized carbons (Fsp3) is 0.348. The highest BCUT2D eigenvalue weighted by Crippen LogP contribution is 2.31. The first-order valence-electron chi connectivity index (χ1n) is 9.71. The maximum absolute atomic E-state index is 12.4. The first-order valence-corrected chi connectivity index (χ1v) is 10.1. The van der Waals surface area contributed by atoms with Crippen LogP contribution in [0.3, 0.4) is 0 Å². The van der Waals surface area contributed by atoms with Crippen LogP contribution in [0, 0.1) is 6.92 Å². The number of amides is 1. The average molecular weight is 418 g/mol. The minimum absolute atomic E-state index is 0.272. The number of benzene rings is 2. The Balaban J connectivity index is 2.11. The Bertz CT molecular complexity index is 864. The highest BCUT2D eigenvalue weighted by atomic mass is 35.5. The lowest BCUT2D eigenvalue weighted by Crippen LogP contribution is -2.09. The molecule has 0 unspecified atom stereocenters. The third-order valence-electron chi connectivity index (χ3n) is 4.19. The van der Waals surface area contributed by atoms with Gasteiger partial charge in [-0.2, -0.15) is 0 Å². The molecule has 1 amide bonds. The molecular weight excluding hydrogens is 390 g/mol. The molecule has 0 aliphatic rings. The number of rotatable bonds is 10. The van der Waals surface area contributed by atoms with Gasteiger partial charge in [0.1, 0.15) is 5.75 Å². The number of methoxy groups -OCH3 is 1. The molecule has 0 heterocycles. The highest BCUT2D eigenvalue weighted by Gasteiger charge is 2.09. The van der Waals surface area contributed by atoms with E-state index in [2.05, 4.69) is 12.2 Å². The summed E-state index contributed by atoms with van der Waals surface area (Å²) in [5.41, 5.74) is 2.26. The third-order valence-corrected chi connectivity index (χ3v) is 4.60. The number of halogens is 1. The van der Waals surface area contributed by atoms with Crippen LogP contribution in [0.25, 0.3) is 6.08 Å². The first-order chi connectivity index (χ1) is 14.0. The molecule has 1 N–H and O–H groups in total. The molecule has 5 nitrogen and oxygen atoms in total. The minimum Gasteiger partial charge on any atom is -0.495 e. The summed E-state index contributed by atoms with van der Waals surface area (Å²) < 4.78 is 16.7. The molecule has 156 valence electrons. The fourth-order valence-corrected chi connectivity index (χ4v) is 2.77. The Kier molecular flexibility index (Phi) is 8.87. The van der Waals surface area contributed by atoms with E-state index in [1.807, 2.05) is 32.0 Å². The average Bonchev–Trinajstić information content (AvgIpc) is 2.70. The zero-order chi connectivity index (χ0) is 21.2. The Morgan fingerprint density at radius 1 is 1.10 bits per heavy atom. The van der Waals surface area contributed by atoms with Crippen molar-refractivity contribution >= 4 is 29.3 Å². The monoisotopic (exact) mass is 417 g/mol. The number of hydrogen-bond acceptors (Lipinski definition) is 4. The van der Waals surface area contributed by atoms with Gasteiger partial charge in [-0.15, -0.1) is 0 Å². The number of unbranched alkanes of at least 4 members (excludes halogenated alkanes) is 1. The zero-order valence-corrected chi connectivity index (χ0v) is 18.1. The van der Waals surface area contributed by atoms with Crippen LogP contribution in [0.4, 0.5) is 5.69 Å². The summed E-state index contributed by atoms with van der Waals surface area (Å²) in [5, 5.41) is 3.40. The van der Waals surface area contributed by atoms with Gasteiger partial charge >= 0.3 is 0 Å². The van der Waals surface area contributed by atoms with E-state index in [-0.39, 0.29) is 5.91 Å². The van der Waals surface area contributed by atoms with Crippen molar-refractivity contribution in [3.8, 4) is 17.2 Å². The van der Waals surface area contributed by atoms with E-state index in [1.54, 1.807) is 18.2 Å². The van der Waals surface area contributed by atoms with Crippen LogP contribution >= 0.6 is 11.6 Å². The van der Waals surface area contributed by atoms with Crippen LogP contribution < -0.4 is 19.5 Å². The van der Waals surface area contributed by atoms with E-state index in [0.717, 1.165) is 24.0 Å². The Hall–Kier alpha value is -2.66. The summed E-state index contributed by atoms with van der Waals surface area (Å²) >= 11 is 6.11. The lowest BCUT2D eigenvalue weighted by atomic mass is 10.1. The first kappa shape index (κ1) is 22.6. The van der Waals surface area contributed by atoms with Gasteiger partial charge in [0.15, 0.2) is 11.5 Å². The van der Waals surface area contributed by atoms with Gasteiger partial charge in [0.2, 0.25) is 5.91 Å². The zero-order valence-electron chi connectivity index (χ0n) is 17.4. The van der Waals surface area contributed by atoms with Crippen LogP contribution in [-0.2, 0) is 4.79 Å². The Labute approximate surface area is 177 Å². The number of anilines is 1. The number of carbonyl (C=O) groups is 1. The van der Waals surface area contributed by atoms with Crippen molar-refractivity contribution in [2.45, 2.75) is 33.6 Å². The molecule has 2 rings (SSSR count). The van der Waals surface area contributed by atoms with Gasteiger partial charge in [0.05, 0.1) is 26.0 Å². The molecular formula is C23H28ClNO4. The molecule has 0 radical (unpaired) electrons. The summed E-state index contributed by atoms with van der Waals surface area (Å²) in [6, 6.07) is 9.08. The fourth-order valence-electron chi connectivity index (χ4n) is 2.62. The molecule has 6 heteroatoms. The van der Waals surface area contributed by atoms with Crippen molar-refractivity contribution in [3.63, 3.8) is 0 Å². The molecule has 0 aliphatic heterocycles. The molecule has 0 atom stereocenters. The molecule has 0 aliphatic carbocycles. The number of hydrogen-bond donors (Lipinski definition) is 1. The largest absolute Gasteiger partial charge is 0.495 e. The van der Waals surface area contributed by atoms with Crippen LogP contribution in [0.15, 0.2) is 36.4 Å². The second kappa shape index (κ2) is 11.4. The molecule has 0 spiro atoms. The molecule has 2 aromatic rings. The number of nitrogens with one attached hydrogen (secondary N) is 1. The smallest absolute Gasteiger partial charge is 0.248 e. The van der Waals surface area contributed by atoms with E-state index < -0.39 is 0 Å². The molecule has 0 bridgehead atoms. The molecule has 0 saturated heterocycles. The summed E-state index contributed by atoms with van der Waals surface area (Å²) in [4.78, 5) is 12.4. The normalized spacial score (nSPS) is 10.8. The van der Waals surface area contributed by atoms with Gasteiger partial charge in [-0.1, -0.05) is 31.0 Å². The molecule has 0 fully saturated rings. The quantitative estimate of drug-likeness (QED) is 0.387. The van der Waals surface area contributed by atoms with Gasteiger partial charge in [0.25, 0.3) is 0 Å². The second-order valence-corrected chi connectivity index (χ2v) is 6.87. The summed E-state index contributed by atoms with van der Waals surface area (Å²) in [6.45, 7) is 7.09. The predicted molar refractivity (Wildman–Crippen MR) is 118 cm³/mol. The number of ether oxygens (including phenoxy) is 3. The van der Waals surface area contributed by atoms with E-state index in [4.69, 9.17) is 25.8 Å². The van der Waals surface area contributed by atoms with Crippen LogP contribution in [0.2, 0.25) is 5.02 Å². The minimum atomic E-state index is -0.272. The van der Waals surface area contributed by atoms with Gasteiger partial charge < -0.3 is 19.5 Å². The second-order valence-electron chi connectivity index (χ2n) is 6.47. The van der Waals surface area contributed by atoms with Crippen LogP contribution in [-0.4, -0.2) is 26.2 Å². The topological polar surface area (TPSA) is 56.8 Å². The van der Waals surface area contributed by atoms with Crippen LogP contribution in [0.1, 0.15) is 37.8 Å². The Morgan fingerprint density at radius 2 is 1.90 bits per heavy atom. The summed E-state index contributed by atoms with van der Waals surface area (Å²) in [6.07, 6.45) is 5.24. The highest BCUT2D eigenvalue weighted by molar-refractivity contribution is 6.31. The summed E-state index contributed by atoms with van der Waals surface area (Å²) in [5.74, 6) is 1.62. The van der Waals surface area contributed by atoms with E-state index >= 15 is 0 Å². The van der Waals surface area contributed by atoms with Crippen molar-refractivity contribution in [2.75, 3.05) is 25.6 Å². The van der Waals surface area contributed by atoms with Crippen molar-refractivity contribution in [2.24, 2.45) is 0 Å². The Morgan fingerprint density at radius 3 is 2.59 bits per heavy atom. The van der Waals surface area contributed by atoms with Gasteiger partial charge in [-0.3, -0.25) is 4.79 Å². The molecule has 0 aromatic heterocycles. The van der Waals surface area contributed by atoms with Gasteiger partial charge in [-0.25, -0.2) is 0 Å². The maximum atomic E-state index is 12.4. The molecule has 2 aromatic carbocycles. The van der Waals surface area contributed by atoms with E-state index in [1.165, 1.54) is 13.2 Å².